The zero-order valence-corrected chi connectivity index (χ0v) is 13.6. The second kappa shape index (κ2) is 7.31. The van der Waals surface area contributed by atoms with Crippen molar-refractivity contribution < 1.29 is 14.6 Å². The molecule has 1 aromatic carbocycles. The first-order valence-electron chi connectivity index (χ1n) is 8.30. The highest BCUT2D eigenvalue weighted by atomic mass is 16.5. The van der Waals surface area contributed by atoms with Gasteiger partial charge in [-0.2, -0.15) is 5.26 Å². The van der Waals surface area contributed by atoms with E-state index in [4.69, 9.17) is 14.7 Å². The van der Waals surface area contributed by atoms with Crippen LogP contribution in [0.2, 0.25) is 0 Å². The number of methoxy groups -OCH3 is 1. The Kier molecular flexibility index (Phi) is 5.16. The standard InChI is InChI=1S/C18H24N2O3/c1-22-18-6-5-13(10-19)9-14(18)11-20-7-8-23-12-16(20)15-3-2-4-17(15)21/h5-6,9,15-17,21H,2-4,7-8,11-12H2,1H3/t15-,16-,17-/m1/s1. The molecule has 3 rings (SSSR count). The number of ether oxygens (including phenoxy) is 2. The minimum absolute atomic E-state index is 0.225. The van der Waals surface area contributed by atoms with Crippen LogP contribution in [-0.4, -0.2) is 49.0 Å². The van der Waals surface area contributed by atoms with Crippen molar-refractivity contribution in [1.82, 2.24) is 4.90 Å². The third-order valence-corrected chi connectivity index (χ3v) is 5.09. The van der Waals surface area contributed by atoms with Crippen molar-refractivity contribution in [2.24, 2.45) is 5.92 Å². The summed E-state index contributed by atoms with van der Waals surface area (Å²) in [7, 11) is 1.66. The fourth-order valence-electron chi connectivity index (χ4n) is 3.86. The molecular formula is C18H24N2O3. The lowest BCUT2D eigenvalue weighted by molar-refractivity contribution is -0.0538. The van der Waals surface area contributed by atoms with Gasteiger partial charge in [-0.05, 0) is 31.0 Å². The van der Waals surface area contributed by atoms with E-state index in [9.17, 15) is 5.11 Å². The second-order valence-electron chi connectivity index (χ2n) is 6.41. The summed E-state index contributed by atoms with van der Waals surface area (Å²) in [4.78, 5) is 2.38. The van der Waals surface area contributed by atoms with Gasteiger partial charge >= 0.3 is 0 Å². The Morgan fingerprint density at radius 1 is 1.43 bits per heavy atom. The van der Waals surface area contributed by atoms with Crippen molar-refractivity contribution in [1.29, 1.82) is 5.26 Å². The van der Waals surface area contributed by atoms with Crippen molar-refractivity contribution in [3.63, 3.8) is 0 Å². The van der Waals surface area contributed by atoms with Crippen LogP contribution in [0.1, 0.15) is 30.4 Å². The Labute approximate surface area is 137 Å². The molecule has 1 aliphatic carbocycles. The fourth-order valence-corrected chi connectivity index (χ4v) is 3.86. The summed E-state index contributed by atoms with van der Waals surface area (Å²) in [6.07, 6.45) is 2.81. The minimum atomic E-state index is -0.225. The molecule has 0 bridgehead atoms. The first-order valence-corrected chi connectivity index (χ1v) is 8.30. The van der Waals surface area contributed by atoms with Crippen molar-refractivity contribution in [3.8, 4) is 11.8 Å². The predicted octanol–water partition coefficient (Wildman–Crippen LogP) is 1.93. The largest absolute Gasteiger partial charge is 0.496 e. The number of hydrogen-bond donors (Lipinski definition) is 1. The number of rotatable bonds is 4. The number of morpholine rings is 1. The van der Waals surface area contributed by atoms with E-state index in [0.717, 1.165) is 43.7 Å². The number of aliphatic hydroxyl groups is 1. The first kappa shape index (κ1) is 16.3. The molecule has 5 heteroatoms. The lowest BCUT2D eigenvalue weighted by Crippen LogP contribution is -2.50. The molecule has 1 aliphatic heterocycles. The van der Waals surface area contributed by atoms with Gasteiger partial charge in [-0.3, -0.25) is 4.90 Å². The number of nitriles is 1. The first-order chi connectivity index (χ1) is 11.2. The smallest absolute Gasteiger partial charge is 0.123 e. The van der Waals surface area contributed by atoms with E-state index < -0.39 is 0 Å². The van der Waals surface area contributed by atoms with Gasteiger partial charge < -0.3 is 14.6 Å². The third kappa shape index (κ3) is 3.50. The van der Waals surface area contributed by atoms with Gasteiger partial charge in [0.1, 0.15) is 5.75 Å². The molecule has 1 aromatic rings. The summed E-state index contributed by atoms with van der Waals surface area (Å²) in [5, 5.41) is 19.4. The lowest BCUT2D eigenvalue weighted by Gasteiger charge is -2.40. The van der Waals surface area contributed by atoms with Gasteiger partial charge in [0.05, 0.1) is 38.1 Å². The summed E-state index contributed by atoms with van der Waals surface area (Å²) in [6, 6.07) is 7.96. The Morgan fingerprint density at radius 3 is 3.00 bits per heavy atom. The Hall–Kier alpha value is -1.61. The summed E-state index contributed by atoms with van der Waals surface area (Å²) in [5.74, 6) is 1.08. The number of nitrogens with zero attached hydrogens (tertiary/aromatic N) is 2. The molecule has 3 atom stereocenters. The van der Waals surface area contributed by atoms with Crippen LogP contribution < -0.4 is 4.74 Å². The molecule has 5 nitrogen and oxygen atoms in total. The fraction of sp³-hybridized carbons (Fsp3) is 0.611. The van der Waals surface area contributed by atoms with Gasteiger partial charge in [0.25, 0.3) is 0 Å². The average molecular weight is 316 g/mol. The van der Waals surface area contributed by atoms with Crippen LogP contribution in [0.25, 0.3) is 0 Å². The second-order valence-corrected chi connectivity index (χ2v) is 6.41. The van der Waals surface area contributed by atoms with Crippen LogP contribution >= 0.6 is 0 Å². The highest BCUT2D eigenvalue weighted by molar-refractivity contribution is 5.42. The summed E-state index contributed by atoms with van der Waals surface area (Å²) in [5.41, 5.74) is 1.66. The predicted molar refractivity (Wildman–Crippen MR) is 86.1 cm³/mol. The molecule has 1 N–H and O–H groups in total. The van der Waals surface area contributed by atoms with Gasteiger partial charge in [-0.25, -0.2) is 0 Å². The van der Waals surface area contributed by atoms with Gasteiger partial charge in [0.2, 0.25) is 0 Å². The van der Waals surface area contributed by atoms with E-state index in [1.807, 2.05) is 12.1 Å². The van der Waals surface area contributed by atoms with Crippen LogP contribution in [0.15, 0.2) is 18.2 Å². The van der Waals surface area contributed by atoms with Crippen molar-refractivity contribution in [2.75, 3.05) is 26.9 Å². The Balaban J connectivity index is 1.80. The van der Waals surface area contributed by atoms with Crippen molar-refractivity contribution in [2.45, 2.75) is 38.0 Å². The quantitative estimate of drug-likeness (QED) is 0.919. The zero-order chi connectivity index (χ0) is 16.2. The molecule has 1 saturated heterocycles. The van der Waals surface area contributed by atoms with Gasteiger partial charge in [-0.15, -0.1) is 0 Å². The van der Waals surface area contributed by atoms with Crippen LogP contribution in [0.4, 0.5) is 0 Å². The lowest BCUT2D eigenvalue weighted by atomic mass is 9.93. The minimum Gasteiger partial charge on any atom is -0.496 e. The zero-order valence-electron chi connectivity index (χ0n) is 13.6. The van der Waals surface area contributed by atoms with E-state index >= 15 is 0 Å². The Morgan fingerprint density at radius 2 is 2.30 bits per heavy atom. The Bertz CT molecular complexity index is 584. The average Bonchev–Trinajstić information content (AvgIpc) is 3.01. The highest BCUT2D eigenvalue weighted by Crippen LogP contribution is 2.33. The number of benzene rings is 1. The van der Waals surface area contributed by atoms with E-state index in [0.29, 0.717) is 18.8 Å². The third-order valence-electron chi connectivity index (χ3n) is 5.09. The molecule has 0 radical (unpaired) electrons. The van der Waals surface area contributed by atoms with Crippen LogP contribution in [0.3, 0.4) is 0 Å². The van der Waals surface area contributed by atoms with Crippen LogP contribution in [0.5, 0.6) is 5.75 Å². The molecule has 1 heterocycles. The topological polar surface area (TPSA) is 65.7 Å². The molecule has 2 aliphatic rings. The van der Waals surface area contributed by atoms with E-state index in [2.05, 4.69) is 11.0 Å². The summed E-state index contributed by atoms with van der Waals surface area (Å²) < 4.78 is 11.1. The molecule has 0 spiro atoms. The van der Waals surface area contributed by atoms with Crippen molar-refractivity contribution >= 4 is 0 Å². The molecule has 0 aromatic heterocycles. The molecule has 124 valence electrons. The summed E-state index contributed by atoms with van der Waals surface area (Å²) >= 11 is 0. The molecule has 2 fully saturated rings. The maximum atomic E-state index is 10.3. The molecule has 23 heavy (non-hydrogen) atoms. The van der Waals surface area contributed by atoms with Crippen molar-refractivity contribution in [3.05, 3.63) is 29.3 Å². The molecule has 1 saturated carbocycles. The van der Waals surface area contributed by atoms with Gasteiger partial charge in [0, 0.05) is 30.6 Å². The van der Waals surface area contributed by atoms with Crippen LogP contribution in [-0.2, 0) is 11.3 Å². The van der Waals surface area contributed by atoms with E-state index in [-0.39, 0.29) is 18.1 Å². The number of aliphatic hydroxyl groups excluding tert-OH is 1. The van der Waals surface area contributed by atoms with Gasteiger partial charge in [-0.1, -0.05) is 6.42 Å². The SMILES string of the molecule is COc1ccc(C#N)cc1CN1CCOC[C@@H]1[C@H]1CCC[C@H]1O. The normalized spacial score (nSPS) is 28.5. The molecular weight excluding hydrogens is 292 g/mol. The molecule has 0 amide bonds. The van der Waals surface area contributed by atoms with E-state index in [1.165, 1.54) is 0 Å². The maximum absolute atomic E-state index is 10.3. The van der Waals surface area contributed by atoms with E-state index in [1.54, 1.807) is 13.2 Å². The summed E-state index contributed by atoms with van der Waals surface area (Å²) in [6.45, 7) is 2.94. The van der Waals surface area contributed by atoms with Crippen LogP contribution in [0, 0.1) is 17.2 Å². The monoisotopic (exact) mass is 316 g/mol. The number of hydrogen-bond acceptors (Lipinski definition) is 5. The molecule has 0 unspecified atom stereocenters. The maximum Gasteiger partial charge on any atom is 0.123 e. The van der Waals surface area contributed by atoms with Gasteiger partial charge in [0.15, 0.2) is 0 Å². The highest BCUT2D eigenvalue weighted by Gasteiger charge is 2.37.